The third-order valence-corrected chi connectivity index (χ3v) is 3.76. The molecule has 19 heavy (non-hydrogen) atoms. The van der Waals surface area contributed by atoms with Crippen molar-refractivity contribution in [3.8, 4) is 5.75 Å². The summed E-state index contributed by atoms with van der Waals surface area (Å²) in [6, 6.07) is 15.2. The number of carbonyl (C=O) groups is 1. The molecule has 0 saturated carbocycles. The number of ketones is 1. The molecule has 0 aliphatic heterocycles. The van der Waals surface area contributed by atoms with Crippen LogP contribution in [0.25, 0.3) is 0 Å². The first-order chi connectivity index (χ1) is 9.20. The molecule has 0 bridgehead atoms. The third-order valence-electron chi connectivity index (χ3n) is 2.99. The maximum atomic E-state index is 12.1. The van der Waals surface area contributed by atoms with Crippen molar-refractivity contribution in [3.63, 3.8) is 0 Å². The van der Waals surface area contributed by atoms with E-state index < -0.39 is 0 Å². The van der Waals surface area contributed by atoms with Crippen molar-refractivity contribution >= 4 is 21.7 Å². The number of ether oxygens (including phenoxy) is 1. The van der Waals surface area contributed by atoms with Crippen molar-refractivity contribution in [1.29, 1.82) is 0 Å². The number of carbonyl (C=O) groups excluding carboxylic acids is 1. The van der Waals surface area contributed by atoms with E-state index in [2.05, 4.69) is 15.9 Å². The zero-order valence-corrected chi connectivity index (χ0v) is 12.3. The van der Waals surface area contributed by atoms with Gasteiger partial charge in [-0.1, -0.05) is 34.1 Å². The number of hydrogen-bond donors (Lipinski definition) is 0. The Balaban J connectivity index is 1.99. The molecular weight excluding hydrogens is 304 g/mol. The highest BCUT2D eigenvalue weighted by atomic mass is 79.9. The molecule has 0 fully saturated rings. The van der Waals surface area contributed by atoms with E-state index in [1.165, 1.54) is 0 Å². The quantitative estimate of drug-likeness (QED) is 0.769. The summed E-state index contributed by atoms with van der Waals surface area (Å²) in [6.45, 7) is 0. The van der Waals surface area contributed by atoms with Gasteiger partial charge >= 0.3 is 0 Å². The Morgan fingerprint density at radius 2 is 1.79 bits per heavy atom. The molecule has 3 heteroatoms. The summed E-state index contributed by atoms with van der Waals surface area (Å²) < 4.78 is 6.13. The first-order valence-corrected chi connectivity index (χ1v) is 6.90. The topological polar surface area (TPSA) is 26.3 Å². The molecule has 0 N–H and O–H groups in total. The van der Waals surface area contributed by atoms with E-state index in [1.807, 2.05) is 36.4 Å². The highest BCUT2D eigenvalue weighted by Crippen LogP contribution is 2.19. The van der Waals surface area contributed by atoms with Gasteiger partial charge in [-0.3, -0.25) is 4.79 Å². The van der Waals surface area contributed by atoms with Gasteiger partial charge in [0, 0.05) is 16.5 Å². The average molecular weight is 319 g/mol. The summed E-state index contributed by atoms with van der Waals surface area (Å²) in [4.78, 5) is 12.1. The molecule has 0 saturated heterocycles. The van der Waals surface area contributed by atoms with Crippen LogP contribution in [0.15, 0.2) is 53.0 Å². The van der Waals surface area contributed by atoms with Crippen molar-refractivity contribution < 1.29 is 9.53 Å². The number of benzene rings is 2. The van der Waals surface area contributed by atoms with Crippen molar-refractivity contribution in [3.05, 3.63) is 64.1 Å². The molecule has 98 valence electrons. The summed E-state index contributed by atoms with van der Waals surface area (Å²) in [7, 11) is 1.61. The lowest BCUT2D eigenvalue weighted by atomic mass is 10.0. The van der Waals surface area contributed by atoms with E-state index in [1.54, 1.807) is 19.2 Å². The van der Waals surface area contributed by atoms with Crippen molar-refractivity contribution in [1.82, 2.24) is 0 Å². The van der Waals surface area contributed by atoms with Gasteiger partial charge in [-0.25, -0.2) is 0 Å². The Bertz CT molecular complexity index is 561. The zero-order chi connectivity index (χ0) is 13.7. The van der Waals surface area contributed by atoms with Crippen LogP contribution < -0.4 is 4.74 Å². The minimum absolute atomic E-state index is 0.151. The van der Waals surface area contributed by atoms with Gasteiger partial charge in [-0.2, -0.15) is 0 Å². The molecule has 0 heterocycles. The fourth-order valence-corrected chi connectivity index (χ4v) is 2.35. The molecule has 2 aromatic rings. The molecule has 0 aromatic heterocycles. The number of Topliss-reactive ketones (excluding diaryl/α,β-unsaturated/α-hetero) is 1. The number of methoxy groups -OCH3 is 1. The zero-order valence-electron chi connectivity index (χ0n) is 10.7. The van der Waals surface area contributed by atoms with Gasteiger partial charge in [0.2, 0.25) is 0 Å². The van der Waals surface area contributed by atoms with Crippen LogP contribution in [-0.2, 0) is 6.42 Å². The van der Waals surface area contributed by atoms with Crippen molar-refractivity contribution in [2.24, 2.45) is 0 Å². The second-order valence-electron chi connectivity index (χ2n) is 4.24. The standard InChI is InChI=1S/C16H15BrO2/c1-19-14-9-6-13(7-10-14)16(18)11-8-12-4-2-3-5-15(12)17/h2-7,9-10H,8,11H2,1H3. The van der Waals surface area contributed by atoms with Crippen LogP contribution in [0.1, 0.15) is 22.3 Å². The summed E-state index contributed by atoms with van der Waals surface area (Å²) in [5.74, 6) is 0.917. The van der Waals surface area contributed by atoms with Gasteiger partial charge in [0.25, 0.3) is 0 Å². The summed E-state index contributed by atoms with van der Waals surface area (Å²) in [6.07, 6.45) is 1.25. The number of rotatable bonds is 5. The minimum atomic E-state index is 0.151. The second-order valence-corrected chi connectivity index (χ2v) is 5.10. The average Bonchev–Trinajstić information content (AvgIpc) is 2.46. The maximum Gasteiger partial charge on any atom is 0.163 e. The number of aryl methyl sites for hydroxylation is 1. The van der Waals surface area contributed by atoms with Crippen LogP contribution in [-0.4, -0.2) is 12.9 Å². The van der Waals surface area contributed by atoms with Crippen LogP contribution in [0.3, 0.4) is 0 Å². The third kappa shape index (κ3) is 3.67. The van der Waals surface area contributed by atoms with E-state index in [4.69, 9.17) is 4.74 Å². The van der Waals surface area contributed by atoms with Gasteiger partial charge in [-0.15, -0.1) is 0 Å². The van der Waals surface area contributed by atoms with Crippen molar-refractivity contribution in [2.45, 2.75) is 12.8 Å². The molecule has 0 radical (unpaired) electrons. The van der Waals surface area contributed by atoms with Crippen LogP contribution in [0.2, 0.25) is 0 Å². The van der Waals surface area contributed by atoms with Crippen LogP contribution in [0.5, 0.6) is 5.75 Å². The first-order valence-electron chi connectivity index (χ1n) is 6.11. The van der Waals surface area contributed by atoms with Gasteiger partial charge in [0.1, 0.15) is 5.75 Å². The smallest absolute Gasteiger partial charge is 0.163 e. The fourth-order valence-electron chi connectivity index (χ4n) is 1.87. The molecule has 0 aliphatic carbocycles. The number of hydrogen-bond acceptors (Lipinski definition) is 2. The van der Waals surface area contributed by atoms with E-state index in [-0.39, 0.29) is 5.78 Å². The second kappa shape index (κ2) is 6.53. The van der Waals surface area contributed by atoms with Crippen molar-refractivity contribution in [2.75, 3.05) is 7.11 Å². The predicted molar refractivity (Wildman–Crippen MR) is 79.8 cm³/mol. The van der Waals surface area contributed by atoms with Crippen LogP contribution >= 0.6 is 15.9 Å². The summed E-state index contributed by atoms with van der Waals surface area (Å²) >= 11 is 3.49. The molecule has 2 rings (SSSR count). The Kier molecular flexibility index (Phi) is 4.74. The molecule has 2 nitrogen and oxygen atoms in total. The number of halogens is 1. The Morgan fingerprint density at radius 1 is 1.11 bits per heavy atom. The van der Waals surface area contributed by atoms with Crippen LogP contribution in [0, 0.1) is 0 Å². The highest BCUT2D eigenvalue weighted by molar-refractivity contribution is 9.10. The predicted octanol–water partition coefficient (Wildman–Crippen LogP) is 4.27. The van der Waals surface area contributed by atoms with E-state index >= 15 is 0 Å². The lowest BCUT2D eigenvalue weighted by molar-refractivity contribution is 0.0983. The lowest BCUT2D eigenvalue weighted by Crippen LogP contribution is -2.01. The molecule has 0 amide bonds. The first kappa shape index (κ1) is 13.8. The molecule has 0 aliphatic rings. The Labute approximate surface area is 121 Å². The monoisotopic (exact) mass is 318 g/mol. The van der Waals surface area contributed by atoms with Gasteiger partial charge in [-0.05, 0) is 42.3 Å². The Hall–Kier alpha value is -1.61. The van der Waals surface area contributed by atoms with E-state index in [9.17, 15) is 4.79 Å². The molecule has 2 aromatic carbocycles. The summed E-state index contributed by atoms with van der Waals surface area (Å²) in [5.41, 5.74) is 1.89. The van der Waals surface area contributed by atoms with E-state index in [0.717, 1.165) is 27.8 Å². The maximum absolute atomic E-state index is 12.1. The lowest BCUT2D eigenvalue weighted by Gasteiger charge is -2.05. The van der Waals surface area contributed by atoms with E-state index in [0.29, 0.717) is 6.42 Å². The van der Waals surface area contributed by atoms with Crippen LogP contribution in [0.4, 0.5) is 0 Å². The SMILES string of the molecule is COc1ccc(C(=O)CCc2ccccc2Br)cc1. The largest absolute Gasteiger partial charge is 0.497 e. The molecule has 0 atom stereocenters. The molecule has 0 unspecified atom stereocenters. The summed E-state index contributed by atoms with van der Waals surface area (Å²) in [5, 5.41) is 0. The molecular formula is C16H15BrO2. The Morgan fingerprint density at radius 3 is 2.42 bits per heavy atom. The normalized spacial score (nSPS) is 10.2. The molecule has 0 spiro atoms. The highest BCUT2D eigenvalue weighted by Gasteiger charge is 2.07. The minimum Gasteiger partial charge on any atom is -0.497 e. The fraction of sp³-hybridized carbons (Fsp3) is 0.188. The van der Waals surface area contributed by atoms with Gasteiger partial charge in [0.05, 0.1) is 7.11 Å². The van der Waals surface area contributed by atoms with Gasteiger partial charge in [0.15, 0.2) is 5.78 Å². The van der Waals surface area contributed by atoms with Gasteiger partial charge < -0.3 is 4.74 Å².